The first-order valence-electron chi connectivity index (χ1n) is 8.60. The second-order valence-electron chi connectivity index (χ2n) is 6.50. The van der Waals surface area contributed by atoms with Crippen molar-refractivity contribution in [3.63, 3.8) is 0 Å². The van der Waals surface area contributed by atoms with Crippen LogP contribution in [-0.2, 0) is 29.9 Å². The van der Waals surface area contributed by atoms with Crippen LogP contribution >= 0.6 is 0 Å². The molecule has 1 saturated heterocycles. The highest BCUT2D eigenvalue weighted by Gasteiger charge is 2.45. The number of amides is 4. The number of carbonyl (C=O) groups is 3. The van der Waals surface area contributed by atoms with Gasteiger partial charge in [-0.25, -0.2) is 13.2 Å². The first kappa shape index (κ1) is 22.6. The van der Waals surface area contributed by atoms with Crippen molar-refractivity contribution < 1.29 is 32.3 Å². The second kappa shape index (κ2) is 8.76. The molecule has 1 atom stereocenters. The highest BCUT2D eigenvalue weighted by Crippen LogP contribution is 2.34. The number of ether oxygens (including phenoxy) is 2. The van der Waals surface area contributed by atoms with Gasteiger partial charge in [-0.15, -0.1) is 0 Å². The molecule has 0 bridgehead atoms. The van der Waals surface area contributed by atoms with Crippen molar-refractivity contribution in [3.05, 3.63) is 23.8 Å². The first-order chi connectivity index (χ1) is 13.6. The molecule has 12 heteroatoms. The molecule has 1 fully saturated rings. The molecule has 1 aromatic rings. The Morgan fingerprint density at radius 2 is 1.97 bits per heavy atom. The van der Waals surface area contributed by atoms with E-state index in [1.165, 1.54) is 46.4 Å². The van der Waals surface area contributed by atoms with Gasteiger partial charge in [-0.2, -0.15) is 4.31 Å². The lowest BCUT2D eigenvalue weighted by atomic mass is 9.91. The van der Waals surface area contributed by atoms with Crippen LogP contribution in [0.15, 0.2) is 23.1 Å². The minimum atomic E-state index is -4.06. The first-order valence-corrected chi connectivity index (χ1v) is 10.0. The molecule has 0 unspecified atom stereocenters. The minimum absolute atomic E-state index is 0.157. The van der Waals surface area contributed by atoms with E-state index >= 15 is 0 Å². The van der Waals surface area contributed by atoms with Crippen LogP contribution in [0.25, 0.3) is 0 Å². The Morgan fingerprint density at radius 3 is 2.52 bits per heavy atom. The van der Waals surface area contributed by atoms with Crippen LogP contribution in [-0.4, -0.2) is 71.5 Å². The number of urea groups is 1. The van der Waals surface area contributed by atoms with Gasteiger partial charge in [-0.1, -0.05) is 0 Å². The fraction of sp³-hybridized carbons (Fsp3) is 0.471. The number of benzene rings is 1. The number of methoxy groups -OCH3 is 2. The van der Waals surface area contributed by atoms with Gasteiger partial charge in [-0.05, 0) is 25.1 Å². The van der Waals surface area contributed by atoms with Crippen molar-refractivity contribution in [1.82, 2.24) is 20.3 Å². The fourth-order valence-corrected chi connectivity index (χ4v) is 3.94. The van der Waals surface area contributed by atoms with Crippen molar-refractivity contribution in [1.29, 1.82) is 0 Å². The molecule has 29 heavy (non-hydrogen) atoms. The number of nitrogens with zero attached hydrogens (tertiary/aromatic N) is 1. The van der Waals surface area contributed by atoms with Gasteiger partial charge in [0.2, 0.25) is 15.9 Å². The van der Waals surface area contributed by atoms with E-state index < -0.39 is 40.0 Å². The van der Waals surface area contributed by atoms with Crippen LogP contribution in [0, 0.1) is 0 Å². The predicted octanol–water partition coefficient (Wildman–Crippen LogP) is -0.867. The van der Waals surface area contributed by atoms with Gasteiger partial charge in [0, 0.05) is 26.3 Å². The molecule has 0 aliphatic carbocycles. The summed E-state index contributed by atoms with van der Waals surface area (Å²) in [6.45, 7) is 1.59. The van der Waals surface area contributed by atoms with Gasteiger partial charge in [-0.3, -0.25) is 14.9 Å². The lowest BCUT2D eigenvalue weighted by molar-refractivity contribution is -0.123. The Labute approximate surface area is 168 Å². The number of carbonyl (C=O) groups excluding carboxylic acids is 3. The SMILES string of the molecule is COCCNC(=O)CN(C)S(=O)(=O)c1ccc(OC)c([C@@]2(C)NC(=O)NC2=O)c1. The Kier molecular flexibility index (Phi) is 6.82. The molecule has 1 heterocycles. The summed E-state index contributed by atoms with van der Waals surface area (Å²) in [6, 6.07) is 3.24. The zero-order valence-electron chi connectivity index (χ0n) is 16.6. The van der Waals surface area contributed by atoms with E-state index in [0.717, 1.165) is 4.31 Å². The number of hydrogen-bond donors (Lipinski definition) is 3. The topological polar surface area (TPSA) is 143 Å². The maximum atomic E-state index is 12.9. The average molecular weight is 428 g/mol. The van der Waals surface area contributed by atoms with Gasteiger partial charge in [0.25, 0.3) is 5.91 Å². The van der Waals surface area contributed by atoms with Gasteiger partial charge in [0.15, 0.2) is 0 Å². The van der Waals surface area contributed by atoms with Crippen LogP contribution in [0.3, 0.4) is 0 Å². The summed E-state index contributed by atoms with van der Waals surface area (Å²) < 4.78 is 36.8. The second-order valence-corrected chi connectivity index (χ2v) is 8.54. The number of likely N-dealkylation sites (N-methyl/N-ethyl adjacent to an activating group) is 1. The monoisotopic (exact) mass is 428 g/mol. The average Bonchev–Trinajstić information content (AvgIpc) is 2.93. The van der Waals surface area contributed by atoms with Crippen molar-refractivity contribution in [2.75, 3.05) is 41.0 Å². The van der Waals surface area contributed by atoms with Crippen LogP contribution in [0.1, 0.15) is 12.5 Å². The molecule has 1 aliphatic heterocycles. The minimum Gasteiger partial charge on any atom is -0.496 e. The number of nitrogens with one attached hydrogen (secondary N) is 3. The summed E-state index contributed by atoms with van der Waals surface area (Å²) in [6.07, 6.45) is 0. The molecule has 0 spiro atoms. The predicted molar refractivity (Wildman–Crippen MR) is 102 cm³/mol. The van der Waals surface area contributed by atoms with Crippen LogP contribution in [0.5, 0.6) is 5.75 Å². The zero-order chi connectivity index (χ0) is 21.8. The highest BCUT2D eigenvalue weighted by atomic mass is 32.2. The largest absolute Gasteiger partial charge is 0.496 e. The molecule has 1 aromatic carbocycles. The third kappa shape index (κ3) is 4.66. The van der Waals surface area contributed by atoms with Gasteiger partial charge in [0.05, 0.1) is 25.2 Å². The molecular weight excluding hydrogens is 404 g/mol. The maximum absolute atomic E-state index is 12.9. The van der Waals surface area contributed by atoms with Gasteiger partial charge < -0.3 is 20.1 Å². The van der Waals surface area contributed by atoms with Crippen molar-refractivity contribution in [3.8, 4) is 5.75 Å². The van der Waals surface area contributed by atoms with Crippen molar-refractivity contribution in [2.45, 2.75) is 17.4 Å². The quantitative estimate of drug-likeness (QED) is 0.343. The molecule has 3 N–H and O–H groups in total. The number of sulfonamides is 1. The van der Waals surface area contributed by atoms with E-state index in [-0.39, 0.29) is 22.8 Å². The summed E-state index contributed by atoms with van der Waals surface area (Å²) in [5.41, 5.74) is -1.34. The summed E-state index contributed by atoms with van der Waals surface area (Å²) in [4.78, 5) is 35.6. The lowest BCUT2D eigenvalue weighted by Gasteiger charge is -2.25. The van der Waals surface area contributed by atoms with E-state index in [2.05, 4.69) is 16.0 Å². The molecular formula is C17H24N4O7S. The molecule has 160 valence electrons. The Hall–Kier alpha value is -2.70. The molecule has 11 nitrogen and oxygen atoms in total. The summed E-state index contributed by atoms with van der Waals surface area (Å²) in [5, 5.41) is 7.14. The zero-order valence-corrected chi connectivity index (χ0v) is 17.4. The van der Waals surface area contributed by atoms with E-state index in [0.29, 0.717) is 6.61 Å². The number of imide groups is 1. The number of rotatable bonds is 9. The molecule has 2 rings (SSSR count). The molecule has 4 amide bonds. The summed E-state index contributed by atoms with van der Waals surface area (Å²) in [7, 11) is 0.0529. The van der Waals surface area contributed by atoms with Crippen molar-refractivity contribution >= 4 is 27.9 Å². The fourth-order valence-electron chi connectivity index (χ4n) is 2.79. The van der Waals surface area contributed by atoms with Crippen LogP contribution < -0.4 is 20.7 Å². The Morgan fingerprint density at radius 1 is 1.28 bits per heavy atom. The van der Waals surface area contributed by atoms with E-state index in [4.69, 9.17) is 9.47 Å². The van der Waals surface area contributed by atoms with Gasteiger partial charge >= 0.3 is 6.03 Å². The van der Waals surface area contributed by atoms with Crippen LogP contribution in [0.2, 0.25) is 0 Å². The maximum Gasteiger partial charge on any atom is 0.322 e. The van der Waals surface area contributed by atoms with Crippen LogP contribution in [0.4, 0.5) is 4.79 Å². The third-order valence-corrected chi connectivity index (χ3v) is 6.26. The summed E-state index contributed by atoms with van der Waals surface area (Å²) in [5.74, 6) is -0.902. The standard InChI is InChI=1S/C17H24N4O7S/c1-17(15(23)19-16(24)20-17)12-9-11(5-6-13(12)28-4)29(25,26)21(2)10-14(22)18-7-8-27-3/h5-6,9H,7-8,10H2,1-4H3,(H,18,22)(H2,19,20,23,24)/t17-/m1/s1. The van der Waals surface area contributed by atoms with Crippen molar-refractivity contribution in [2.24, 2.45) is 0 Å². The molecule has 0 aromatic heterocycles. The molecule has 1 aliphatic rings. The normalized spacial score (nSPS) is 19.1. The van der Waals surface area contributed by atoms with E-state index in [9.17, 15) is 22.8 Å². The molecule has 0 saturated carbocycles. The highest BCUT2D eigenvalue weighted by molar-refractivity contribution is 7.89. The van der Waals surface area contributed by atoms with Gasteiger partial charge in [0.1, 0.15) is 11.3 Å². The van der Waals surface area contributed by atoms with E-state index in [1.54, 1.807) is 0 Å². The smallest absolute Gasteiger partial charge is 0.322 e. The summed E-state index contributed by atoms with van der Waals surface area (Å²) >= 11 is 0. The van der Waals surface area contributed by atoms with E-state index in [1.807, 2.05) is 0 Å². The Balaban J connectivity index is 2.33. The number of hydrogen-bond acceptors (Lipinski definition) is 7. The lowest BCUT2D eigenvalue weighted by Crippen LogP contribution is -2.41. The molecule has 0 radical (unpaired) electrons. The Bertz CT molecular complexity index is 918. The third-order valence-electron chi connectivity index (χ3n) is 4.46.